The van der Waals surface area contributed by atoms with E-state index in [9.17, 15) is 9.59 Å². The maximum atomic E-state index is 13.2. The minimum absolute atomic E-state index is 0.0262. The van der Waals surface area contributed by atoms with Crippen molar-refractivity contribution in [3.8, 4) is 5.75 Å². The van der Waals surface area contributed by atoms with Gasteiger partial charge in [0.05, 0.1) is 18.5 Å². The normalized spacial score (nSPS) is 16.7. The Balaban J connectivity index is 1.30. The molecule has 168 valence electrons. The fourth-order valence-electron chi connectivity index (χ4n) is 4.89. The van der Waals surface area contributed by atoms with Gasteiger partial charge in [-0.25, -0.2) is 4.52 Å². The van der Waals surface area contributed by atoms with Crippen LogP contribution in [0.5, 0.6) is 5.75 Å². The van der Waals surface area contributed by atoms with Gasteiger partial charge in [0, 0.05) is 44.1 Å². The first kappa shape index (κ1) is 20.6. The summed E-state index contributed by atoms with van der Waals surface area (Å²) in [4.78, 5) is 30.3. The molecular weight excluding hydrogens is 406 g/mol. The van der Waals surface area contributed by atoms with Crippen LogP contribution in [0, 0.1) is 0 Å². The molecule has 2 aliphatic rings. The number of aryl methyl sites for hydroxylation is 2. The van der Waals surface area contributed by atoms with Gasteiger partial charge in [0.1, 0.15) is 17.8 Å². The van der Waals surface area contributed by atoms with E-state index in [1.165, 1.54) is 11.0 Å². The van der Waals surface area contributed by atoms with Gasteiger partial charge < -0.3 is 19.1 Å². The SMILES string of the molecule is COc1ccccc1N1CCN(C(=O)Cn2ccn3nc4c(c3c2=O)CCCCC4)CC1. The van der Waals surface area contributed by atoms with Crippen LogP contribution in [-0.4, -0.2) is 58.3 Å². The van der Waals surface area contributed by atoms with Crippen molar-refractivity contribution in [3.63, 3.8) is 0 Å². The van der Waals surface area contributed by atoms with Crippen LogP contribution in [0.4, 0.5) is 5.69 Å². The highest BCUT2D eigenvalue weighted by Gasteiger charge is 2.24. The monoisotopic (exact) mass is 435 g/mol. The van der Waals surface area contributed by atoms with Crippen LogP contribution < -0.4 is 15.2 Å². The van der Waals surface area contributed by atoms with Gasteiger partial charge in [-0.15, -0.1) is 0 Å². The van der Waals surface area contributed by atoms with Crippen LogP contribution in [0.25, 0.3) is 5.52 Å². The Morgan fingerprint density at radius 3 is 2.62 bits per heavy atom. The molecule has 5 rings (SSSR count). The first-order valence-electron chi connectivity index (χ1n) is 11.4. The number of aromatic nitrogens is 3. The summed E-state index contributed by atoms with van der Waals surface area (Å²) in [6.45, 7) is 2.77. The van der Waals surface area contributed by atoms with Crippen LogP contribution in [-0.2, 0) is 24.2 Å². The van der Waals surface area contributed by atoms with Crippen LogP contribution >= 0.6 is 0 Å². The molecule has 0 spiro atoms. The van der Waals surface area contributed by atoms with Gasteiger partial charge in [-0.05, 0) is 37.8 Å². The van der Waals surface area contributed by atoms with E-state index in [-0.39, 0.29) is 18.0 Å². The highest BCUT2D eigenvalue weighted by Crippen LogP contribution is 2.28. The summed E-state index contributed by atoms with van der Waals surface area (Å²) in [5.74, 6) is 0.814. The fourth-order valence-corrected chi connectivity index (χ4v) is 4.89. The molecule has 0 N–H and O–H groups in total. The zero-order chi connectivity index (χ0) is 22.1. The van der Waals surface area contributed by atoms with Crippen molar-refractivity contribution in [2.75, 3.05) is 38.2 Å². The molecule has 1 saturated heterocycles. The van der Waals surface area contributed by atoms with Crippen molar-refractivity contribution in [1.29, 1.82) is 0 Å². The molecule has 3 aromatic rings. The first-order valence-corrected chi connectivity index (χ1v) is 11.4. The minimum atomic E-state index is -0.121. The standard InChI is InChI=1S/C24H29N5O3/c1-32-21-10-6-5-9-20(21)26-11-13-27(14-12-26)22(30)17-28-15-16-29-23(24(28)31)18-7-3-2-4-8-19(18)25-29/h5-6,9-10,15-16H,2-4,7-8,11-14,17H2,1H3. The van der Waals surface area contributed by atoms with E-state index in [1.54, 1.807) is 24.0 Å². The molecular formula is C24H29N5O3. The molecule has 0 unspecified atom stereocenters. The zero-order valence-corrected chi connectivity index (χ0v) is 18.5. The van der Waals surface area contributed by atoms with Gasteiger partial charge in [-0.3, -0.25) is 9.59 Å². The van der Waals surface area contributed by atoms with E-state index in [0.717, 1.165) is 61.5 Å². The van der Waals surface area contributed by atoms with Gasteiger partial charge >= 0.3 is 0 Å². The number of para-hydroxylation sites is 2. The number of carbonyl (C=O) groups excluding carboxylic acids is 1. The number of piperazine rings is 1. The number of methoxy groups -OCH3 is 1. The Labute approximate surface area is 187 Å². The van der Waals surface area contributed by atoms with E-state index < -0.39 is 0 Å². The smallest absolute Gasteiger partial charge is 0.277 e. The van der Waals surface area contributed by atoms with Gasteiger partial charge in [0.2, 0.25) is 5.91 Å². The second kappa shape index (κ2) is 8.68. The average Bonchev–Trinajstić information content (AvgIpc) is 3.03. The summed E-state index contributed by atoms with van der Waals surface area (Å²) >= 11 is 0. The second-order valence-electron chi connectivity index (χ2n) is 8.55. The average molecular weight is 436 g/mol. The van der Waals surface area contributed by atoms with E-state index in [4.69, 9.17) is 4.74 Å². The van der Waals surface area contributed by atoms with Crippen LogP contribution in [0.3, 0.4) is 0 Å². The molecule has 1 aliphatic heterocycles. The third kappa shape index (κ3) is 3.74. The Morgan fingerprint density at radius 1 is 1.03 bits per heavy atom. The molecule has 0 bridgehead atoms. The first-order chi connectivity index (χ1) is 15.7. The van der Waals surface area contributed by atoms with Crippen molar-refractivity contribution >= 4 is 17.1 Å². The van der Waals surface area contributed by atoms with E-state index in [1.807, 2.05) is 29.2 Å². The third-order valence-electron chi connectivity index (χ3n) is 6.65. The molecule has 1 fully saturated rings. The Bertz CT molecular complexity index is 1190. The summed E-state index contributed by atoms with van der Waals surface area (Å²) in [5, 5.41) is 4.63. The number of ether oxygens (including phenoxy) is 1. The van der Waals surface area contributed by atoms with Crippen molar-refractivity contribution in [1.82, 2.24) is 19.1 Å². The van der Waals surface area contributed by atoms with Crippen LogP contribution in [0.2, 0.25) is 0 Å². The van der Waals surface area contributed by atoms with Crippen molar-refractivity contribution in [2.24, 2.45) is 0 Å². The van der Waals surface area contributed by atoms with Gasteiger partial charge in [0.25, 0.3) is 5.56 Å². The maximum absolute atomic E-state index is 13.2. The van der Waals surface area contributed by atoms with Gasteiger partial charge in [-0.1, -0.05) is 18.6 Å². The lowest BCUT2D eigenvalue weighted by Crippen LogP contribution is -2.50. The summed E-state index contributed by atoms with van der Waals surface area (Å²) in [6, 6.07) is 7.94. The minimum Gasteiger partial charge on any atom is -0.495 e. The number of fused-ring (bicyclic) bond motifs is 3. The number of nitrogens with zero attached hydrogens (tertiary/aromatic N) is 5. The number of hydrogen-bond donors (Lipinski definition) is 0. The number of carbonyl (C=O) groups is 1. The fraction of sp³-hybridized carbons (Fsp3) is 0.458. The lowest BCUT2D eigenvalue weighted by Gasteiger charge is -2.36. The summed E-state index contributed by atoms with van der Waals surface area (Å²) in [5.41, 5.74) is 3.67. The molecule has 1 aromatic carbocycles. The highest BCUT2D eigenvalue weighted by atomic mass is 16.5. The molecule has 8 heteroatoms. The maximum Gasteiger partial charge on any atom is 0.277 e. The molecule has 1 aliphatic carbocycles. The summed E-state index contributed by atoms with van der Waals surface area (Å²) < 4.78 is 8.71. The van der Waals surface area contributed by atoms with Crippen LogP contribution in [0.15, 0.2) is 41.5 Å². The third-order valence-corrected chi connectivity index (χ3v) is 6.65. The van der Waals surface area contributed by atoms with Gasteiger partial charge in [-0.2, -0.15) is 5.10 Å². The topological polar surface area (TPSA) is 72.1 Å². The lowest BCUT2D eigenvalue weighted by atomic mass is 10.1. The van der Waals surface area contributed by atoms with E-state index >= 15 is 0 Å². The van der Waals surface area contributed by atoms with Gasteiger partial charge in [0.15, 0.2) is 0 Å². The zero-order valence-electron chi connectivity index (χ0n) is 18.5. The summed E-state index contributed by atoms with van der Waals surface area (Å²) in [7, 11) is 1.67. The number of amides is 1. The molecule has 8 nitrogen and oxygen atoms in total. The number of hydrogen-bond acceptors (Lipinski definition) is 5. The van der Waals surface area contributed by atoms with Crippen molar-refractivity contribution in [3.05, 3.63) is 58.3 Å². The number of benzene rings is 1. The molecule has 3 heterocycles. The van der Waals surface area contributed by atoms with Crippen LogP contribution in [0.1, 0.15) is 30.5 Å². The molecule has 0 saturated carbocycles. The van der Waals surface area contributed by atoms with E-state index in [0.29, 0.717) is 18.6 Å². The van der Waals surface area contributed by atoms with Crippen molar-refractivity contribution < 1.29 is 9.53 Å². The molecule has 2 aromatic heterocycles. The summed E-state index contributed by atoms with van der Waals surface area (Å²) in [6.07, 6.45) is 8.66. The molecule has 0 radical (unpaired) electrons. The predicted octanol–water partition coefficient (Wildman–Crippen LogP) is 2.12. The Morgan fingerprint density at radius 2 is 1.81 bits per heavy atom. The quantitative estimate of drug-likeness (QED) is 0.587. The Kier molecular flexibility index (Phi) is 5.59. The lowest BCUT2D eigenvalue weighted by molar-refractivity contribution is -0.132. The van der Waals surface area contributed by atoms with Crippen molar-refractivity contribution in [2.45, 2.75) is 38.6 Å². The predicted molar refractivity (Wildman–Crippen MR) is 122 cm³/mol. The number of rotatable bonds is 4. The second-order valence-corrected chi connectivity index (χ2v) is 8.55. The number of anilines is 1. The molecule has 32 heavy (non-hydrogen) atoms. The molecule has 0 atom stereocenters. The Hall–Kier alpha value is -3.29. The highest BCUT2D eigenvalue weighted by molar-refractivity contribution is 5.76. The molecule has 1 amide bonds. The van der Waals surface area contributed by atoms with E-state index in [2.05, 4.69) is 10.00 Å². The largest absolute Gasteiger partial charge is 0.495 e.